The third-order valence-corrected chi connectivity index (χ3v) is 3.05. The third-order valence-electron chi connectivity index (χ3n) is 3.05. The molecule has 0 spiro atoms. The predicted octanol–water partition coefficient (Wildman–Crippen LogP) is 4.77. The van der Waals surface area contributed by atoms with Crippen LogP contribution in [0.1, 0.15) is 80.1 Å². The summed E-state index contributed by atoms with van der Waals surface area (Å²) in [5.74, 6) is 1.04. The van der Waals surface area contributed by atoms with E-state index in [0.29, 0.717) is 12.5 Å². The van der Waals surface area contributed by atoms with Gasteiger partial charge in [-0.15, -0.1) is 0 Å². The molecule has 1 unspecified atom stereocenters. The summed E-state index contributed by atoms with van der Waals surface area (Å²) in [6.07, 6.45) is 8.62. The Hall–Kier alpha value is -0.350. The SMILES string of the molecule is CCCC(C)C=O.CCC[C@@H](C)CO.CCC[C@H](C)C=O.S. The summed E-state index contributed by atoms with van der Waals surface area (Å²) >= 11 is 0. The predicted molar refractivity (Wildman–Crippen MR) is 102 cm³/mol. The standard InChI is InChI=1S/C6H14O.2C6H12O.H2S/c3*1-3-4-6(2)5-7;/h6-7H,3-5H2,1-2H3;2*5-6H,3-4H2,1-2H3;1H2/t2*6-;;/m10../s1. The van der Waals surface area contributed by atoms with E-state index < -0.39 is 0 Å². The fourth-order valence-electron chi connectivity index (χ4n) is 1.63. The number of carbonyl (C=O) groups excluding carboxylic acids is 2. The van der Waals surface area contributed by atoms with Gasteiger partial charge in [0.2, 0.25) is 0 Å². The summed E-state index contributed by atoms with van der Waals surface area (Å²) in [4.78, 5) is 19.8. The summed E-state index contributed by atoms with van der Waals surface area (Å²) in [6, 6.07) is 0. The Bertz CT molecular complexity index is 195. The van der Waals surface area contributed by atoms with Crippen LogP contribution < -0.4 is 0 Å². The maximum atomic E-state index is 9.89. The van der Waals surface area contributed by atoms with E-state index in [1.807, 2.05) is 13.8 Å². The van der Waals surface area contributed by atoms with E-state index in [1.54, 1.807) is 0 Å². The van der Waals surface area contributed by atoms with Crippen molar-refractivity contribution in [1.29, 1.82) is 0 Å². The minimum atomic E-state index is 0. The molecule has 0 saturated carbocycles. The van der Waals surface area contributed by atoms with Crippen molar-refractivity contribution in [3.8, 4) is 0 Å². The Kier molecular flexibility index (Phi) is 34.5. The molecule has 0 aliphatic heterocycles. The maximum Gasteiger partial charge on any atom is 0.122 e. The average molecular weight is 337 g/mol. The summed E-state index contributed by atoms with van der Waals surface area (Å²) in [7, 11) is 0. The molecule has 0 rings (SSSR count). The van der Waals surface area contributed by atoms with Crippen molar-refractivity contribution in [3.63, 3.8) is 0 Å². The first-order valence-corrected chi connectivity index (χ1v) is 8.44. The zero-order valence-electron chi connectivity index (χ0n) is 15.6. The number of hydrogen-bond acceptors (Lipinski definition) is 3. The fraction of sp³-hybridized carbons (Fsp3) is 0.889. The summed E-state index contributed by atoms with van der Waals surface area (Å²) in [5, 5.41) is 8.47. The molecule has 3 atom stereocenters. The molecule has 3 nitrogen and oxygen atoms in total. The van der Waals surface area contributed by atoms with E-state index in [1.165, 1.54) is 6.42 Å². The van der Waals surface area contributed by atoms with Crippen molar-refractivity contribution in [2.24, 2.45) is 17.8 Å². The lowest BCUT2D eigenvalue weighted by atomic mass is 10.1. The number of aldehydes is 2. The molecule has 0 aromatic rings. The lowest BCUT2D eigenvalue weighted by molar-refractivity contribution is -0.111. The molecular weight excluding hydrogens is 296 g/mol. The highest BCUT2D eigenvalue weighted by molar-refractivity contribution is 7.59. The summed E-state index contributed by atoms with van der Waals surface area (Å²) in [6.45, 7) is 12.6. The molecule has 136 valence electrons. The van der Waals surface area contributed by atoms with E-state index in [0.717, 1.165) is 44.7 Å². The van der Waals surface area contributed by atoms with Crippen LogP contribution in [-0.2, 0) is 9.59 Å². The van der Waals surface area contributed by atoms with Crippen LogP contribution in [0.15, 0.2) is 0 Å². The van der Waals surface area contributed by atoms with E-state index in [-0.39, 0.29) is 25.3 Å². The molecule has 1 N–H and O–H groups in total. The minimum Gasteiger partial charge on any atom is -0.396 e. The van der Waals surface area contributed by atoms with Crippen molar-refractivity contribution >= 4 is 26.1 Å². The number of rotatable bonds is 9. The highest BCUT2D eigenvalue weighted by atomic mass is 32.1. The maximum absolute atomic E-state index is 9.89. The zero-order chi connectivity index (χ0) is 17.1. The molecule has 0 amide bonds. The molecule has 0 aliphatic carbocycles. The largest absolute Gasteiger partial charge is 0.396 e. The van der Waals surface area contributed by atoms with Crippen LogP contribution in [0.5, 0.6) is 0 Å². The highest BCUT2D eigenvalue weighted by Crippen LogP contribution is 2.01. The molecule has 4 heteroatoms. The Morgan fingerprint density at radius 3 is 1.18 bits per heavy atom. The number of carbonyl (C=O) groups is 2. The number of aliphatic hydroxyl groups excluding tert-OH is 1. The lowest BCUT2D eigenvalue weighted by Crippen LogP contribution is -1.98. The Balaban J connectivity index is -0.000000108. The van der Waals surface area contributed by atoms with E-state index in [9.17, 15) is 9.59 Å². The normalized spacial score (nSPS) is 13.0. The molecule has 0 heterocycles. The van der Waals surface area contributed by atoms with Crippen LogP contribution in [0.3, 0.4) is 0 Å². The highest BCUT2D eigenvalue weighted by Gasteiger charge is 1.94. The van der Waals surface area contributed by atoms with Crippen LogP contribution in [0, 0.1) is 17.8 Å². The van der Waals surface area contributed by atoms with Crippen LogP contribution >= 0.6 is 13.5 Å². The van der Waals surface area contributed by atoms with Gasteiger partial charge in [0.05, 0.1) is 0 Å². The van der Waals surface area contributed by atoms with Gasteiger partial charge in [0.25, 0.3) is 0 Å². The molecule has 22 heavy (non-hydrogen) atoms. The first kappa shape index (κ1) is 29.6. The summed E-state index contributed by atoms with van der Waals surface area (Å²) < 4.78 is 0. The van der Waals surface area contributed by atoms with E-state index in [2.05, 4.69) is 27.7 Å². The van der Waals surface area contributed by atoms with Crippen molar-refractivity contribution in [3.05, 3.63) is 0 Å². The van der Waals surface area contributed by atoms with Gasteiger partial charge >= 0.3 is 0 Å². The van der Waals surface area contributed by atoms with Gasteiger partial charge < -0.3 is 14.7 Å². The van der Waals surface area contributed by atoms with Crippen molar-refractivity contribution in [1.82, 2.24) is 0 Å². The number of aliphatic hydroxyl groups is 1. The quantitative estimate of drug-likeness (QED) is 0.617. The third kappa shape index (κ3) is 31.8. The van der Waals surface area contributed by atoms with Crippen LogP contribution in [-0.4, -0.2) is 24.3 Å². The van der Waals surface area contributed by atoms with E-state index >= 15 is 0 Å². The molecule has 0 bridgehead atoms. The van der Waals surface area contributed by atoms with Gasteiger partial charge in [-0.3, -0.25) is 0 Å². The molecule has 0 fully saturated rings. The molecule has 0 aromatic carbocycles. The number of hydrogen-bond donors (Lipinski definition) is 1. The second kappa shape index (κ2) is 25.6. The molecule has 0 radical (unpaired) electrons. The van der Waals surface area contributed by atoms with Crippen molar-refractivity contribution in [2.75, 3.05) is 6.61 Å². The topological polar surface area (TPSA) is 54.4 Å². The minimum absolute atomic E-state index is 0. The van der Waals surface area contributed by atoms with Gasteiger partial charge in [0.15, 0.2) is 0 Å². The van der Waals surface area contributed by atoms with Gasteiger partial charge in [-0.1, -0.05) is 60.8 Å². The van der Waals surface area contributed by atoms with Crippen molar-refractivity contribution < 1.29 is 14.7 Å². The van der Waals surface area contributed by atoms with E-state index in [4.69, 9.17) is 5.11 Å². The first-order chi connectivity index (χ1) is 9.92. The average Bonchev–Trinajstić information content (AvgIpc) is 2.49. The van der Waals surface area contributed by atoms with Crippen molar-refractivity contribution in [2.45, 2.75) is 80.1 Å². The smallest absolute Gasteiger partial charge is 0.122 e. The van der Waals surface area contributed by atoms with Gasteiger partial charge in [0.1, 0.15) is 12.6 Å². The molecule has 0 aromatic heterocycles. The van der Waals surface area contributed by atoms with Crippen LogP contribution in [0.25, 0.3) is 0 Å². The van der Waals surface area contributed by atoms with Gasteiger partial charge in [-0.05, 0) is 25.2 Å². The fourth-order valence-corrected chi connectivity index (χ4v) is 1.63. The van der Waals surface area contributed by atoms with Gasteiger partial charge in [-0.2, -0.15) is 13.5 Å². The lowest BCUT2D eigenvalue weighted by Gasteiger charge is -2.01. The molecule has 0 saturated heterocycles. The Morgan fingerprint density at radius 1 is 0.773 bits per heavy atom. The zero-order valence-corrected chi connectivity index (χ0v) is 16.6. The Labute approximate surface area is 145 Å². The molecule has 0 aliphatic rings. The second-order valence-electron chi connectivity index (χ2n) is 5.88. The van der Waals surface area contributed by atoms with Crippen LogP contribution in [0.2, 0.25) is 0 Å². The van der Waals surface area contributed by atoms with Gasteiger partial charge in [0, 0.05) is 18.4 Å². The summed E-state index contributed by atoms with van der Waals surface area (Å²) in [5.41, 5.74) is 0. The monoisotopic (exact) mass is 336 g/mol. The second-order valence-corrected chi connectivity index (χ2v) is 5.88. The Morgan fingerprint density at radius 2 is 1.09 bits per heavy atom. The molecular formula is C18H40O3S. The van der Waals surface area contributed by atoms with Gasteiger partial charge in [-0.25, -0.2) is 0 Å². The first-order valence-electron chi connectivity index (χ1n) is 8.44. The van der Waals surface area contributed by atoms with Crippen LogP contribution in [0.4, 0.5) is 0 Å².